The Balaban J connectivity index is 1.95. The molecule has 1 aromatic heterocycles. The Kier molecular flexibility index (Phi) is 4.76. The van der Waals surface area contributed by atoms with Crippen molar-refractivity contribution in [3.8, 4) is 0 Å². The molecule has 2 atom stereocenters. The molecule has 0 saturated carbocycles. The first-order chi connectivity index (χ1) is 9.28. The second kappa shape index (κ2) is 6.03. The zero-order valence-corrected chi connectivity index (χ0v) is 14.5. The van der Waals surface area contributed by atoms with Crippen LogP contribution in [0.2, 0.25) is 0 Å². The van der Waals surface area contributed by atoms with Gasteiger partial charge in [0.1, 0.15) is 5.60 Å². The number of halogens is 1. The first-order valence-electron chi connectivity index (χ1n) is 6.73. The third-order valence-electron chi connectivity index (χ3n) is 3.39. The second-order valence-corrected chi connectivity index (χ2v) is 7.77. The van der Waals surface area contributed by atoms with Crippen molar-refractivity contribution < 1.29 is 9.53 Å². The average Bonchev–Trinajstić information content (AvgIpc) is 2.94. The van der Waals surface area contributed by atoms with Gasteiger partial charge in [0, 0.05) is 29.0 Å². The fourth-order valence-electron chi connectivity index (χ4n) is 2.36. The molecule has 112 valence electrons. The Morgan fingerprint density at radius 3 is 2.80 bits per heavy atom. The third-order valence-corrected chi connectivity index (χ3v) is 5.14. The van der Waals surface area contributed by atoms with Gasteiger partial charge in [-0.05, 0) is 60.0 Å². The molecule has 2 unspecified atom stereocenters. The minimum Gasteiger partial charge on any atom is -0.444 e. The number of carbonyl (C=O) groups excluding carboxylic acids is 1. The maximum Gasteiger partial charge on any atom is 0.410 e. The van der Waals surface area contributed by atoms with Crippen LogP contribution in [0.25, 0.3) is 0 Å². The molecule has 1 aliphatic heterocycles. The zero-order chi connectivity index (χ0) is 14.9. The van der Waals surface area contributed by atoms with Crippen molar-refractivity contribution in [2.24, 2.45) is 11.7 Å². The largest absolute Gasteiger partial charge is 0.444 e. The molecule has 6 heteroatoms. The lowest BCUT2D eigenvalue weighted by Gasteiger charge is -2.25. The summed E-state index contributed by atoms with van der Waals surface area (Å²) in [7, 11) is 0. The summed E-state index contributed by atoms with van der Waals surface area (Å²) in [6, 6.07) is -0.0388. The van der Waals surface area contributed by atoms with Crippen molar-refractivity contribution in [3.63, 3.8) is 0 Å². The molecule has 1 saturated heterocycles. The van der Waals surface area contributed by atoms with Crippen LogP contribution in [0, 0.1) is 5.92 Å². The van der Waals surface area contributed by atoms with Crippen molar-refractivity contribution in [3.05, 3.63) is 20.8 Å². The Labute approximate surface area is 132 Å². The van der Waals surface area contributed by atoms with E-state index in [9.17, 15) is 4.79 Å². The fourth-order valence-corrected chi connectivity index (χ4v) is 3.96. The molecule has 0 bridgehead atoms. The third kappa shape index (κ3) is 3.74. The van der Waals surface area contributed by atoms with Crippen LogP contribution in [-0.2, 0) is 4.74 Å². The van der Waals surface area contributed by atoms with Crippen molar-refractivity contribution in [2.75, 3.05) is 13.1 Å². The lowest BCUT2D eigenvalue weighted by atomic mass is 9.95. The van der Waals surface area contributed by atoms with E-state index in [1.165, 1.54) is 0 Å². The Morgan fingerprint density at radius 1 is 1.55 bits per heavy atom. The number of hydrogen-bond donors (Lipinski definition) is 1. The summed E-state index contributed by atoms with van der Waals surface area (Å²) < 4.78 is 6.46. The van der Waals surface area contributed by atoms with Crippen LogP contribution in [0.15, 0.2) is 15.2 Å². The van der Waals surface area contributed by atoms with E-state index in [2.05, 4.69) is 21.3 Å². The van der Waals surface area contributed by atoms with Crippen molar-refractivity contribution in [1.29, 1.82) is 0 Å². The highest BCUT2D eigenvalue weighted by Gasteiger charge is 2.33. The SMILES string of the molecule is CC(C)(C)OC(=O)N1CCC(C(N)c2cscc2Br)C1. The molecule has 0 radical (unpaired) electrons. The number of thiophene rings is 1. The Morgan fingerprint density at radius 2 is 2.25 bits per heavy atom. The molecule has 1 aromatic rings. The predicted octanol–water partition coefficient (Wildman–Crippen LogP) is 3.77. The van der Waals surface area contributed by atoms with E-state index in [0.717, 1.165) is 23.0 Å². The summed E-state index contributed by atoms with van der Waals surface area (Å²) >= 11 is 5.16. The monoisotopic (exact) mass is 360 g/mol. The molecule has 1 amide bonds. The van der Waals surface area contributed by atoms with Gasteiger partial charge >= 0.3 is 6.09 Å². The van der Waals surface area contributed by atoms with Crippen LogP contribution in [0.5, 0.6) is 0 Å². The van der Waals surface area contributed by atoms with E-state index >= 15 is 0 Å². The van der Waals surface area contributed by atoms with E-state index in [1.807, 2.05) is 26.2 Å². The van der Waals surface area contributed by atoms with Gasteiger partial charge in [-0.25, -0.2) is 4.79 Å². The number of ether oxygens (including phenoxy) is 1. The van der Waals surface area contributed by atoms with Gasteiger partial charge in [0.25, 0.3) is 0 Å². The fraction of sp³-hybridized carbons (Fsp3) is 0.643. The lowest BCUT2D eigenvalue weighted by molar-refractivity contribution is 0.0286. The van der Waals surface area contributed by atoms with Gasteiger partial charge in [0.2, 0.25) is 0 Å². The maximum atomic E-state index is 12.0. The number of likely N-dealkylation sites (tertiary alicyclic amines) is 1. The molecule has 2 heterocycles. The highest BCUT2D eigenvalue weighted by atomic mass is 79.9. The van der Waals surface area contributed by atoms with E-state index in [1.54, 1.807) is 16.2 Å². The molecule has 20 heavy (non-hydrogen) atoms. The van der Waals surface area contributed by atoms with Gasteiger partial charge in [0.05, 0.1) is 0 Å². The van der Waals surface area contributed by atoms with E-state index in [0.29, 0.717) is 6.54 Å². The Bertz CT molecular complexity index is 484. The van der Waals surface area contributed by atoms with Crippen LogP contribution in [-0.4, -0.2) is 29.7 Å². The summed E-state index contributed by atoms with van der Waals surface area (Å²) in [5.74, 6) is 0.286. The molecule has 0 aromatic carbocycles. The minimum atomic E-state index is -0.451. The number of carbonyl (C=O) groups is 1. The van der Waals surface area contributed by atoms with Gasteiger partial charge in [-0.3, -0.25) is 0 Å². The lowest BCUT2D eigenvalue weighted by Crippen LogP contribution is -2.36. The van der Waals surface area contributed by atoms with Crippen LogP contribution in [0.3, 0.4) is 0 Å². The summed E-state index contributed by atoms with van der Waals surface area (Å²) in [5.41, 5.74) is 7.01. The van der Waals surface area contributed by atoms with Crippen LogP contribution in [0.4, 0.5) is 4.79 Å². The van der Waals surface area contributed by atoms with Crippen molar-refractivity contribution >= 4 is 33.4 Å². The van der Waals surface area contributed by atoms with Crippen molar-refractivity contribution in [2.45, 2.75) is 38.8 Å². The Hall–Kier alpha value is -0.590. The summed E-state index contributed by atoms with van der Waals surface area (Å²) in [5, 5.41) is 4.11. The summed E-state index contributed by atoms with van der Waals surface area (Å²) in [6.07, 6.45) is 0.680. The number of nitrogens with two attached hydrogens (primary N) is 1. The molecule has 1 aliphatic rings. The molecule has 2 N–H and O–H groups in total. The van der Waals surface area contributed by atoms with E-state index in [4.69, 9.17) is 10.5 Å². The maximum absolute atomic E-state index is 12.0. The molecule has 2 rings (SSSR count). The molecule has 0 aliphatic carbocycles. The highest BCUT2D eigenvalue weighted by molar-refractivity contribution is 9.10. The molecular weight excluding hydrogens is 340 g/mol. The smallest absolute Gasteiger partial charge is 0.410 e. The standard InChI is InChI=1S/C14H21BrN2O2S/c1-14(2,3)19-13(18)17-5-4-9(6-17)12(16)10-7-20-8-11(10)15/h7-9,12H,4-6,16H2,1-3H3. The normalized spacial score (nSPS) is 21.1. The van der Waals surface area contributed by atoms with Gasteiger partial charge < -0.3 is 15.4 Å². The minimum absolute atomic E-state index is 0.0388. The predicted molar refractivity (Wildman–Crippen MR) is 84.9 cm³/mol. The number of hydrogen-bond acceptors (Lipinski definition) is 4. The topological polar surface area (TPSA) is 55.6 Å². The van der Waals surface area contributed by atoms with Gasteiger partial charge in [-0.1, -0.05) is 0 Å². The number of amides is 1. The first kappa shape index (κ1) is 15.8. The number of nitrogens with zero attached hydrogens (tertiary/aromatic N) is 1. The summed E-state index contributed by atoms with van der Waals surface area (Å²) in [4.78, 5) is 13.8. The zero-order valence-electron chi connectivity index (χ0n) is 12.1. The van der Waals surface area contributed by atoms with Crippen molar-refractivity contribution in [1.82, 2.24) is 4.90 Å². The molecular formula is C14H21BrN2O2S. The van der Waals surface area contributed by atoms with E-state index < -0.39 is 5.60 Å². The molecule has 1 fully saturated rings. The average molecular weight is 361 g/mol. The van der Waals surface area contributed by atoms with Crippen LogP contribution >= 0.6 is 27.3 Å². The molecule has 4 nitrogen and oxygen atoms in total. The second-order valence-electron chi connectivity index (χ2n) is 6.18. The highest BCUT2D eigenvalue weighted by Crippen LogP contribution is 2.34. The first-order valence-corrected chi connectivity index (χ1v) is 8.46. The van der Waals surface area contributed by atoms with E-state index in [-0.39, 0.29) is 18.1 Å². The number of rotatable bonds is 2. The summed E-state index contributed by atoms with van der Waals surface area (Å²) in [6.45, 7) is 7.03. The van der Waals surface area contributed by atoms with Gasteiger partial charge in [-0.2, -0.15) is 11.3 Å². The van der Waals surface area contributed by atoms with Gasteiger partial charge in [-0.15, -0.1) is 0 Å². The quantitative estimate of drug-likeness (QED) is 0.873. The van der Waals surface area contributed by atoms with Crippen LogP contribution < -0.4 is 5.73 Å². The van der Waals surface area contributed by atoms with Crippen LogP contribution in [0.1, 0.15) is 38.8 Å². The van der Waals surface area contributed by atoms with Gasteiger partial charge in [0.15, 0.2) is 0 Å². The molecule has 0 spiro atoms.